The van der Waals surface area contributed by atoms with Gasteiger partial charge in [-0.3, -0.25) is 14.9 Å². The Balaban J connectivity index is 1.51. The molecule has 0 bridgehead atoms. The van der Waals surface area contributed by atoms with Gasteiger partial charge in [0.25, 0.3) is 11.6 Å². The molecule has 3 aromatic rings. The largest absolute Gasteiger partial charge is 0.493 e. The van der Waals surface area contributed by atoms with E-state index in [1.807, 2.05) is 31.2 Å². The van der Waals surface area contributed by atoms with Gasteiger partial charge in [0.15, 0.2) is 6.10 Å². The number of esters is 1. The van der Waals surface area contributed by atoms with Crippen LogP contribution >= 0.6 is 0 Å². The van der Waals surface area contributed by atoms with Gasteiger partial charge in [0.05, 0.1) is 18.0 Å². The van der Waals surface area contributed by atoms with Crippen LogP contribution in [0.4, 0.5) is 5.69 Å². The average Bonchev–Trinajstić information content (AvgIpc) is 3.20. The summed E-state index contributed by atoms with van der Waals surface area (Å²) in [6.07, 6.45) is -0.664. The maximum atomic E-state index is 12.0. The summed E-state index contributed by atoms with van der Waals surface area (Å²) in [4.78, 5) is 22.2. The van der Waals surface area contributed by atoms with Crippen LogP contribution < -0.4 is 4.74 Å². The number of hydrogen-bond acceptors (Lipinski definition) is 8. The molecule has 0 saturated heterocycles. The lowest BCUT2D eigenvalue weighted by atomic mass is 10.2. The topological polar surface area (TPSA) is 118 Å². The molecular formula is C20H19N3O6. The van der Waals surface area contributed by atoms with Crippen LogP contribution in [0.5, 0.6) is 5.75 Å². The van der Waals surface area contributed by atoms with E-state index in [2.05, 4.69) is 10.2 Å². The van der Waals surface area contributed by atoms with Crippen molar-refractivity contribution in [3.63, 3.8) is 0 Å². The lowest BCUT2D eigenvalue weighted by molar-refractivity contribution is -0.384. The summed E-state index contributed by atoms with van der Waals surface area (Å²) >= 11 is 0. The summed E-state index contributed by atoms with van der Waals surface area (Å²) in [5, 5.41) is 18.5. The molecule has 1 atom stereocenters. The number of nitro benzene ring substituents is 1. The van der Waals surface area contributed by atoms with E-state index in [4.69, 9.17) is 13.9 Å². The van der Waals surface area contributed by atoms with Crippen molar-refractivity contribution in [2.45, 2.75) is 26.4 Å². The third kappa shape index (κ3) is 5.38. The van der Waals surface area contributed by atoms with Gasteiger partial charge in [-0.1, -0.05) is 17.7 Å². The standard InChI is InChI=1S/C20H19N3O6/c1-13-3-9-17(10-4-13)27-12-11-18(24)28-14(2)19-21-22-20(29-19)15-5-7-16(8-6-15)23(25)26/h3-10,14H,11-12H2,1-2H3/t14-/m1/s1. The normalized spacial score (nSPS) is 11.7. The molecule has 0 unspecified atom stereocenters. The molecule has 2 aromatic carbocycles. The van der Waals surface area contributed by atoms with Crippen LogP contribution in [0.3, 0.4) is 0 Å². The van der Waals surface area contributed by atoms with E-state index in [1.165, 1.54) is 24.3 Å². The summed E-state index contributed by atoms with van der Waals surface area (Å²) in [7, 11) is 0. The van der Waals surface area contributed by atoms with Gasteiger partial charge >= 0.3 is 5.97 Å². The molecule has 0 N–H and O–H groups in total. The maximum absolute atomic E-state index is 12.0. The van der Waals surface area contributed by atoms with Gasteiger partial charge < -0.3 is 13.9 Å². The fourth-order valence-corrected chi connectivity index (χ4v) is 2.43. The maximum Gasteiger partial charge on any atom is 0.310 e. The third-order valence-corrected chi connectivity index (χ3v) is 4.02. The molecule has 0 radical (unpaired) electrons. The number of aromatic nitrogens is 2. The van der Waals surface area contributed by atoms with E-state index < -0.39 is 17.0 Å². The Morgan fingerprint density at radius 1 is 1.14 bits per heavy atom. The molecule has 0 amide bonds. The van der Waals surface area contributed by atoms with Crippen molar-refractivity contribution >= 4 is 11.7 Å². The van der Waals surface area contributed by atoms with E-state index in [1.54, 1.807) is 6.92 Å². The van der Waals surface area contributed by atoms with E-state index in [-0.39, 0.29) is 30.5 Å². The van der Waals surface area contributed by atoms with Crippen molar-refractivity contribution in [2.24, 2.45) is 0 Å². The number of hydrogen-bond donors (Lipinski definition) is 0. The van der Waals surface area contributed by atoms with Crippen molar-refractivity contribution < 1.29 is 23.6 Å². The zero-order valence-corrected chi connectivity index (χ0v) is 15.9. The number of nitro groups is 1. The summed E-state index contributed by atoms with van der Waals surface area (Å²) in [6, 6.07) is 13.2. The van der Waals surface area contributed by atoms with Gasteiger partial charge in [-0.2, -0.15) is 0 Å². The molecule has 9 nitrogen and oxygen atoms in total. The Morgan fingerprint density at radius 3 is 2.48 bits per heavy atom. The summed E-state index contributed by atoms with van der Waals surface area (Å²) in [6.45, 7) is 3.78. The quantitative estimate of drug-likeness (QED) is 0.318. The molecule has 0 spiro atoms. The molecule has 0 aliphatic heterocycles. The second-order valence-electron chi connectivity index (χ2n) is 6.29. The predicted molar refractivity (Wildman–Crippen MR) is 102 cm³/mol. The summed E-state index contributed by atoms with van der Waals surface area (Å²) in [5.41, 5.74) is 1.61. The minimum atomic E-state index is -0.735. The summed E-state index contributed by atoms with van der Waals surface area (Å²) in [5.74, 6) is 0.535. The van der Waals surface area contributed by atoms with Crippen LogP contribution in [-0.4, -0.2) is 27.7 Å². The Hall–Kier alpha value is -3.75. The van der Waals surface area contributed by atoms with Gasteiger partial charge in [0.1, 0.15) is 5.75 Å². The average molecular weight is 397 g/mol. The zero-order chi connectivity index (χ0) is 20.8. The van der Waals surface area contributed by atoms with Crippen LogP contribution in [0.15, 0.2) is 52.9 Å². The highest BCUT2D eigenvalue weighted by atomic mass is 16.6. The first-order valence-electron chi connectivity index (χ1n) is 8.89. The number of aryl methyl sites for hydroxylation is 1. The first kappa shape index (κ1) is 20.0. The van der Waals surface area contributed by atoms with Gasteiger partial charge in [0, 0.05) is 17.7 Å². The highest BCUT2D eigenvalue weighted by Crippen LogP contribution is 2.24. The molecule has 150 valence electrons. The molecule has 29 heavy (non-hydrogen) atoms. The molecule has 3 rings (SSSR count). The van der Waals surface area contributed by atoms with E-state index in [0.717, 1.165) is 5.56 Å². The molecule has 1 heterocycles. The van der Waals surface area contributed by atoms with Crippen molar-refractivity contribution in [3.05, 3.63) is 70.1 Å². The van der Waals surface area contributed by atoms with Crippen molar-refractivity contribution in [1.29, 1.82) is 0 Å². The second-order valence-corrected chi connectivity index (χ2v) is 6.29. The van der Waals surface area contributed by atoms with E-state index in [0.29, 0.717) is 11.3 Å². The van der Waals surface area contributed by atoms with E-state index in [9.17, 15) is 14.9 Å². The van der Waals surface area contributed by atoms with Crippen LogP contribution in [0.2, 0.25) is 0 Å². The zero-order valence-electron chi connectivity index (χ0n) is 15.9. The fraction of sp³-hybridized carbons (Fsp3) is 0.250. The fourth-order valence-electron chi connectivity index (χ4n) is 2.43. The van der Waals surface area contributed by atoms with Gasteiger partial charge in [0.2, 0.25) is 5.89 Å². The SMILES string of the molecule is Cc1ccc(OCCC(=O)O[C@H](C)c2nnc(-c3ccc([N+](=O)[O-])cc3)o2)cc1. The van der Waals surface area contributed by atoms with Crippen LogP contribution in [0, 0.1) is 17.0 Å². The number of nitrogens with zero attached hydrogens (tertiary/aromatic N) is 3. The smallest absolute Gasteiger partial charge is 0.310 e. The minimum Gasteiger partial charge on any atom is -0.493 e. The van der Waals surface area contributed by atoms with Crippen LogP contribution in [0.25, 0.3) is 11.5 Å². The first-order chi connectivity index (χ1) is 13.9. The number of non-ortho nitro benzene ring substituents is 1. The molecular weight excluding hydrogens is 378 g/mol. The Labute approximate surface area is 166 Å². The van der Waals surface area contributed by atoms with Crippen LogP contribution in [-0.2, 0) is 9.53 Å². The molecule has 0 saturated carbocycles. The number of ether oxygens (including phenoxy) is 2. The third-order valence-electron chi connectivity index (χ3n) is 4.02. The number of rotatable bonds is 8. The lowest BCUT2D eigenvalue weighted by Gasteiger charge is -2.10. The van der Waals surface area contributed by atoms with Crippen molar-refractivity contribution in [1.82, 2.24) is 10.2 Å². The van der Waals surface area contributed by atoms with Crippen molar-refractivity contribution in [3.8, 4) is 17.2 Å². The van der Waals surface area contributed by atoms with Crippen molar-refractivity contribution in [2.75, 3.05) is 6.61 Å². The van der Waals surface area contributed by atoms with Crippen LogP contribution in [0.1, 0.15) is 30.9 Å². The highest BCUT2D eigenvalue weighted by Gasteiger charge is 2.19. The highest BCUT2D eigenvalue weighted by molar-refractivity contribution is 5.69. The lowest BCUT2D eigenvalue weighted by Crippen LogP contribution is -2.12. The number of benzene rings is 2. The Kier molecular flexibility index (Phi) is 6.18. The molecule has 1 aromatic heterocycles. The minimum absolute atomic E-state index is 0.0383. The summed E-state index contributed by atoms with van der Waals surface area (Å²) < 4.78 is 16.3. The predicted octanol–water partition coefficient (Wildman–Crippen LogP) is 4.03. The van der Waals surface area contributed by atoms with Gasteiger partial charge in [-0.15, -0.1) is 10.2 Å². The van der Waals surface area contributed by atoms with E-state index >= 15 is 0 Å². The second kappa shape index (κ2) is 8.96. The first-order valence-corrected chi connectivity index (χ1v) is 8.89. The monoisotopic (exact) mass is 397 g/mol. The Morgan fingerprint density at radius 2 is 1.83 bits per heavy atom. The number of carbonyl (C=O) groups is 1. The molecule has 9 heteroatoms. The molecule has 0 aliphatic rings. The molecule has 0 aliphatic carbocycles. The number of carbonyl (C=O) groups excluding carboxylic acids is 1. The van der Waals surface area contributed by atoms with Gasteiger partial charge in [-0.05, 0) is 38.1 Å². The molecule has 0 fully saturated rings. The Bertz CT molecular complexity index is 982. The van der Waals surface area contributed by atoms with Gasteiger partial charge in [-0.25, -0.2) is 0 Å².